The Balaban J connectivity index is -0.0000000612. The molecule has 0 radical (unpaired) electrons. The summed E-state index contributed by atoms with van der Waals surface area (Å²) in [6.07, 6.45) is 0. The molecule has 0 aromatic heterocycles. The van der Waals surface area contributed by atoms with Crippen molar-refractivity contribution < 1.29 is 13.4 Å². The van der Waals surface area contributed by atoms with Crippen molar-refractivity contribution in [2.24, 2.45) is 0 Å². The van der Waals surface area contributed by atoms with Crippen LogP contribution in [0.15, 0.2) is 30.3 Å². The molecule has 0 aliphatic rings. The molecule has 0 amide bonds. The van der Waals surface area contributed by atoms with Gasteiger partial charge in [-0.2, -0.15) is 0 Å². The van der Waals surface area contributed by atoms with Gasteiger partial charge in [-0.25, -0.2) is 0 Å². The van der Waals surface area contributed by atoms with E-state index in [4.69, 9.17) is 5.11 Å². The van der Waals surface area contributed by atoms with Crippen molar-refractivity contribution in [3.05, 3.63) is 30.3 Å². The third-order valence-electron chi connectivity index (χ3n) is 0.756. The summed E-state index contributed by atoms with van der Waals surface area (Å²) in [5.41, 5.74) is 0. The molecule has 0 aliphatic heterocycles. The predicted octanol–water partition coefficient (Wildman–Crippen LogP) is 0.412. The van der Waals surface area contributed by atoms with Crippen molar-refractivity contribution in [1.82, 2.24) is 0 Å². The van der Waals surface area contributed by atoms with Crippen molar-refractivity contribution in [3.8, 4) is 5.75 Å². The topological polar surface area (TPSA) is 51.7 Å². The molecule has 9 heavy (non-hydrogen) atoms. The summed E-state index contributed by atoms with van der Waals surface area (Å²) in [5, 5.41) is 8.63. The Kier molecular flexibility index (Phi) is 8.46. The predicted molar refractivity (Wildman–Crippen MR) is 39.7 cm³/mol. The number of rotatable bonds is 0. The molecule has 1 aromatic rings. The Bertz CT molecular complexity index is 149. The van der Waals surface area contributed by atoms with Gasteiger partial charge in [0.2, 0.25) is 0 Å². The number of hydrogen-bond donors (Lipinski definition) is 1. The normalized spacial score (nSPS) is 6.67. The summed E-state index contributed by atoms with van der Waals surface area (Å²) in [7, 11) is 0. The maximum Gasteiger partial charge on any atom is 2.00 e. The fourth-order valence-corrected chi connectivity index (χ4v) is 0.428. The summed E-state index contributed by atoms with van der Waals surface area (Å²) < 4.78 is 0. The number of phenols is 1. The molecule has 2 nitrogen and oxygen atoms in total. The quantitative estimate of drug-likeness (QED) is 0.541. The second kappa shape index (κ2) is 6.36. The van der Waals surface area contributed by atoms with Crippen molar-refractivity contribution in [2.45, 2.75) is 0 Å². The van der Waals surface area contributed by atoms with Gasteiger partial charge in [0.1, 0.15) is 5.75 Å². The molecule has 3 heteroatoms. The van der Waals surface area contributed by atoms with Crippen LogP contribution in [0, 0.1) is 0 Å². The maximum atomic E-state index is 8.63. The molecule has 3 N–H and O–H groups in total. The van der Waals surface area contributed by atoms with Gasteiger partial charge in [0.05, 0.1) is 0 Å². The van der Waals surface area contributed by atoms with Gasteiger partial charge in [0.15, 0.2) is 0 Å². The summed E-state index contributed by atoms with van der Waals surface area (Å²) in [4.78, 5) is 0. The minimum Gasteiger partial charge on any atom is -1.00 e. The first-order chi connectivity index (χ1) is 3.39. The first-order valence-electron chi connectivity index (χ1n) is 2.13. The van der Waals surface area contributed by atoms with Gasteiger partial charge in [-0.1, -0.05) is 18.2 Å². The number of para-hydroxylation sites is 1. The Hall–Kier alpha value is 0.240. The van der Waals surface area contributed by atoms with Gasteiger partial charge < -0.3 is 13.4 Å². The number of aromatic hydroxyl groups is 1. The molecule has 1 rings (SSSR count). The van der Waals surface area contributed by atoms with E-state index in [0.29, 0.717) is 5.75 Å². The SMILES string of the molecule is O.Oc1ccccc1.[Ca+2].[H-].[H-]. The Morgan fingerprint density at radius 3 is 1.78 bits per heavy atom. The number of benzene rings is 1. The average molecular weight is 154 g/mol. The van der Waals surface area contributed by atoms with E-state index in [1.807, 2.05) is 6.07 Å². The van der Waals surface area contributed by atoms with Gasteiger partial charge >= 0.3 is 37.7 Å². The molecule has 0 unspecified atom stereocenters. The smallest absolute Gasteiger partial charge is 1.00 e. The van der Waals surface area contributed by atoms with E-state index in [1.165, 1.54) is 0 Å². The zero-order valence-electron chi connectivity index (χ0n) is 7.04. The van der Waals surface area contributed by atoms with Gasteiger partial charge in [-0.05, 0) is 12.1 Å². The minimum atomic E-state index is 0. The van der Waals surface area contributed by atoms with Crippen LogP contribution in [-0.2, 0) is 0 Å². The van der Waals surface area contributed by atoms with E-state index < -0.39 is 0 Å². The van der Waals surface area contributed by atoms with Crippen LogP contribution < -0.4 is 0 Å². The summed E-state index contributed by atoms with van der Waals surface area (Å²) >= 11 is 0. The van der Waals surface area contributed by atoms with Gasteiger partial charge in [-0.15, -0.1) is 0 Å². The summed E-state index contributed by atoms with van der Waals surface area (Å²) in [6, 6.07) is 8.71. The largest absolute Gasteiger partial charge is 2.00 e. The standard InChI is InChI=1S/C6H6O.Ca.H2O.2H/c7-6-4-2-1-3-5-6;;;;/h1-5,7H;;1H2;;/q;+2;;2*-1. The van der Waals surface area contributed by atoms with E-state index in [1.54, 1.807) is 24.3 Å². The molecule has 1 aromatic carbocycles. The second-order valence-corrected chi connectivity index (χ2v) is 1.34. The molecule has 0 saturated heterocycles. The molecule has 0 spiro atoms. The van der Waals surface area contributed by atoms with Crippen molar-refractivity contribution in [1.29, 1.82) is 0 Å². The van der Waals surface area contributed by atoms with Crippen LogP contribution in [0.3, 0.4) is 0 Å². The van der Waals surface area contributed by atoms with Gasteiger partial charge in [0, 0.05) is 0 Å². The molecule has 48 valence electrons. The van der Waals surface area contributed by atoms with Crippen LogP contribution in [0.25, 0.3) is 0 Å². The average Bonchev–Trinajstić information content (AvgIpc) is 1.69. The van der Waals surface area contributed by atoms with E-state index in [-0.39, 0.29) is 46.1 Å². The van der Waals surface area contributed by atoms with Gasteiger partial charge in [0.25, 0.3) is 0 Å². The molecule has 0 heterocycles. The third-order valence-corrected chi connectivity index (χ3v) is 0.756. The zero-order chi connectivity index (χ0) is 5.11. The molecule has 0 bridgehead atoms. The van der Waals surface area contributed by atoms with Crippen molar-refractivity contribution in [3.63, 3.8) is 0 Å². The molecular weight excluding hydrogens is 144 g/mol. The Labute approximate surface area is 86.8 Å². The van der Waals surface area contributed by atoms with E-state index in [0.717, 1.165) is 0 Å². The van der Waals surface area contributed by atoms with E-state index in [2.05, 4.69) is 0 Å². The molecule has 0 saturated carbocycles. The molecular formula is C6H10CaO2. The van der Waals surface area contributed by atoms with Crippen LogP contribution >= 0.6 is 0 Å². The molecule has 0 aliphatic carbocycles. The van der Waals surface area contributed by atoms with E-state index in [9.17, 15) is 0 Å². The first kappa shape index (κ1) is 12.0. The molecule has 0 atom stereocenters. The van der Waals surface area contributed by atoms with Gasteiger partial charge in [-0.3, -0.25) is 0 Å². The Morgan fingerprint density at radius 1 is 1.11 bits per heavy atom. The fourth-order valence-electron chi connectivity index (χ4n) is 0.428. The first-order valence-corrected chi connectivity index (χ1v) is 2.13. The fraction of sp³-hybridized carbons (Fsp3) is 0. The maximum absolute atomic E-state index is 8.63. The van der Waals surface area contributed by atoms with Crippen molar-refractivity contribution >= 4 is 37.7 Å². The van der Waals surface area contributed by atoms with Crippen molar-refractivity contribution in [2.75, 3.05) is 0 Å². The zero-order valence-corrected chi connectivity index (χ0v) is 7.25. The number of hydrogen-bond acceptors (Lipinski definition) is 1. The van der Waals surface area contributed by atoms with Crippen LogP contribution in [0.2, 0.25) is 0 Å². The number of phenolic OH excluding ortho intramolecular Hbond substituents is 1. The summed E-state index contributed by atoms with van der Waals surface area (Å²) in [5.74, 6) is 0.322. The minimum absolute atomic E-state index is 0. The molecule has 0 fully saturated rings. The van der Waals surface area contributed by atoms with Crippen LogP contribution in [0.5, 0.6) is 5.75 Å². The Morgan fingerprint density at radius 2 is 1.56 bits per heavy atom. The monoisotopic (exact) mass is 154 g/mol. The van der Waals surface area contributed by atoms with Crippen LogP contribution in [-0.4, -0.2) is 48.3 Å². The summed E-state index contributed by atoms with van der Waals surface area (Å²) in [6.45, 7) is 0. The van der Waals surface area contributed by atoms with E-state index >= 15 is 0 Å². The van der Waals surface area contributed by atoms with Crippen LogP contribution in [0.4, 0.5) is 0 Å². The van der Waals surface area contributed by atoms with Crippen LogP contribution in [0.1, 0.15) is 2.85 Å². The third kappa shape index (κ3) is 4.73. The second-order valence-electron chi connectivity index (χ2n) is 1.34.